The van der Waals surface area contributed by atoms with E-state index >= 15 is 0 Å². The number of para-hydroxylation sites is 1. The van der Waals surface area contributed by atoms with Crippen molar-refractivity contribution in [3.8, 4) is 5.75 Å². The van der Waals surface area contributed by atoms with Crippen molar-refractivity contribution in [2.75, 3.05) is 38.0 Å². The highest BCUT2D eigenvalue weighted by molar-refractivity contribution is 5.90. The SMILES string of the molecule is COc1ccc(CNCC2CCC(Nc3nc(N(C)C)c4ccccc4n3)CC2)cc1. The Morgan fingerprint density at radius 1 is 0.968 bits per heavy atom. The third kappa shape index (κ3) is 5.44. The Hall–Kier alpha value is -2.86. The Kier molecular flexibility index (Phi) is 6.87. The van der Waals surface area contributed by atoms with Gasteiger partial charge >= 0.3 is 0 Å². The molecule has 2 aromatic carbocycles. The molecule has 1 aliphatic carbocycles. The van der Waals surface area contributed by atoms with Crippen LogP contribution in [0.2, 0.25) is 0 Å². The molecule has 1 fully saturated rings. The van der Waals surface area contributed by atoms with Gasteiger partial charge in [0.1, 0.15) is 11.6 Å². The van der Waals surface area contributed by atoms with E-state index in [1.807, 2.05) is 38.4 Å². The largest absolute Gasteiger partial charge is 0.497 e. The van der Waals surface area contributed by atoms with Gasteiger partial charge in [-0.3, -0.25) is 0 Å². The van der Waals surface area contributed by atoms with Crippen molar-refractivity contribution < 1.29 is 4.74 Å². The lowest BCUT2D eigenvalue weighted by atomic mass is 9.86. The van der Waals surface area contributed by atoms with Crippen LogP contribution in [0.1, 0.15) is 31.2 Å². The molecule has 164 valence electrons. The third-order valence-electron chi connectivity index (χ3n) is 6.11. The molecule has 0 radical (unpaired) electrons. The summed E-state index contributed by atoms with van der Waals surface area (Å²) in [5.41, 5.74) is 2.28. The van der Waals surface area contributed by atoms with Crippen LogP contribution < -0.4 is 20.3 Å². The molecule has 0 bridgehead atoms. The van der Waals surface area contributed by atoms with Gasteiger partial charge in [-0.1, -0.05) is 24.3 Å². The number of nitrogens with one attached hydrogen (secondary N) is 2. The predicted octanol–water partition coefficient (Wildman–Crippen LogP) is 4.46. The van der Waals surface area contributed by atoms with Gasteiger partial charge in [-0.2, -0.15) is 4.98 Å². The van der Waals surface area contributed by atoms with E-state index in [1.165, 1.54) is 18.4 Å². The Morgan fingerprint density at radius 2 is 1.71 bits per heavy atom. The molecular weight excluding hydrogens is 386 g/mol. The van der Waals surface area contributed by atoms with Gasteiger partial charge in [-0.05, 0) is 68.0 Å². The molecule has 0 atom stereocenters. The van der Waals surface area contributed by atoms with Gasteiger partial charge in [0.2, 0.25) is 5.95 Å². The van der Waals surface area contributed by atoms with Crippen LogP contribution in [0.4, 0.5) is 11.8 Å². The van der Waals surface area contributed by atoms with E-state index < -0.39 is 0 Å². The maximum atomic E-state index is 5.22. The maximum absolute atomic E-state index is 5.22. The van der Waals surface area contributed by atoms with Gasteiger partial charge in [0.05, 0.1) is 12.6 Å². The molecule has 0 spiro atoms. The van der Waals surface area contributed by atoms with Crippen molar-refractivity contribution in [3.05, 3.63) is 54.1 Å². The van der Waals surface area contributed by atoms with Gasteiger partial charge in [0, 0.05) is 32.1 Å². The van der Waals surface area contributed by atoms with Crippen molar-refractivity contribution in [2.45, 2.75) is 38.3 Å². The third-order valence-corrected chi connectivity index (χ3v) is 6.11. The second kappa shape index (κ2) is 9.96. The van der Waals surface area contributed by atoms with Crippen molar-refractivity contribution in [1.29, 1.82) is 0 Å². The molecule has 0 aliphatic heterocycles. The molecule has 0 amide bonds. The predicted molar refractivity (Wildman–Crippen MR) is 128 cm³/mol. The molecule has 1 saturated carbocycles. The van der Waals surface area contributed by atoms with Gasteiger partial charge in [0.15, 0.2) is 0 Å². The summed E-state index contributed by atoms with van der Waals surface area (Å²) in [7, 11) is 5.76. The number of rotatable bonds is 8. The average molecular weight is 420 g/mol. The van der Waals surface area contributed by atoms with Gasteiger partial charge < -0.3 is 20.3 Å². The first-order chi connectivity index (χ1) is 15.1. The normalized spacial score (nSPS) is 18.7. The number of hydrogen-bond donors (Lipinski definition) is 2. The summed E-state index contributed by atoms with van der Waals surface area (Å²) in [6, 6.07) is 16.9. The monoisotopic (exact) mass is 419 g/mol. The van der Waals surface area contributed by atoms with Gasteiger partial charge in [-0.15, -0.1) is 0 Å². The lowest BCUT2D eigenvalue weighted by Crippen LogP contribution is -2.31. The molecule has 1 aliphatic rings. The highest BCUT2D eigenvalue weighted by Crippen LogP contribution is 2.28. The molecule has 0 saturated heterocycles. The molecule has 6 heteroatoms. The summed E-state index contributed by atoms with van der Waals surface area (Å²) in [4.78, 5) is 11.6. The number of fused-ring (bicyclic) bond motifs is 1. The van der Waals surface area contributed by atoms with E-state index in [0.717, 1.165) is 60.3 Å². The quantitative estimate of drug-likeness (QED) is 0.562. The maximum Gasteiger partial charge on any atom is 0.225 e. The summed E-state index contributed by atoms with van der Waals surface area (Å²) in [5.74, 6) is 3.34. The molecule has 0 unspecified atom stereocenters. The summed E-state index contributed by atoms with van der Waals surface area (Å²) in [6.07, 6.45) is 4.76. The molecule has 31 heavy (non-hydrogen) atoms. The molecule has 3 aromatic rings. The van der Waals surface area contributed by atoms with Crippen LogP contribution in [-0.2, 0) is 6.54 Å². The summed E-state index contributed by atoms with van der Waals surface area (Å²) >= 11 is 0. The van der Waals surface area contributed by atoms with E-state index in [4.69, 9.17) is 14.7 Å². The zero-order chi connectivity index (χ0) is 21.6. The lowest BCUT2D eigenvalue weighted by Gasteiger charge is -2.29. The van der Waals surface area contributed by atoms with Crippen LogP contribution in [0.5, 0.6) is 5.75 Å². The number of benzene rings is 2. The van der Waals surface area contributed by atoms with E-state index in [9.17, 15) is 0 Å². The van der Waals surface area contributed by atoms with Crippen molar-refractivity contribution in [1.82, 2.24) is 15.3 Å². The molecule has 1 heterocycles. The number of anilines is 2. The second-order valence-corrected chi connectivity index (χ2v) is 8.62. The van der Waals surface area contributed by atoms with E-state index in [1.54, 1.807) is 7.11 Å². The Morgan fingerprint density at radius 3 is 2.42 bits per heavy atom. The van der Waals surface area contributed by atoms with Crippen LogP contribution in [0.3, 0.4) is 0 Å². The standard InChI is InChI=1S/C25H33N5O/c1-30(2)24-22-6-4-5-7-23(22)28-25(29-24)27-20-12-8-18(9-13-20)16-26-17-19-10-14-21(31-3)15-11-19/h4-7,10-11,14-15,18,20,26H,8-9,12-13,16-17H2,1-3H3,(H,27,28,29). The first kappa shape index (κ1) is 21.4. The number of methoxy groups -OCH3 is 1. The van der Waals surface area contributed by atoms with E-state index in [0.29, 0.717) is 6.04 Å². The molecular formula is C25H33N5O. The second-order valence-electron chi connectivity index (χ2n) is 8.62. The minimum absolute atomic E-state index is 0.439. The van der Waals surface area contributed by atoms with Crippen molar-refractivity contribution in [2.24, 2.45) is 5.92 Å². The first-order valence-corrected chi connectivity index (χ1v) is 11.2. The zero-order valence-electron chi connectivity index (χ0n) is 18.8. The minimum Gasteiger partial charge on any atom is -0.497 e. The Labute approximate surface area is 185 Å². The number of hydrogen-bond acceptors (Lipinski definition) is 6. The number of ether oxygens (including phenoxy) is 1. The number of nitrogens with zero attached hydrogens (tertiary/aromatic N) is 3. The molecule has 4 rings (SSSR count). The summed E-state index contributed by atoms with van der Waals surface area (Å²) in [6.45, 7) is 1.97. The fourth-order valence-corrected chi connectivity index (χ4v) is 4.32. The van der Waals surface area contributed by atoms with Gasteiger partial charge in [-0.25, -0.2) is 4.98 Å². The van der Waals surface area contributed by atoms with Crippen LogP contribution in [0, 0.1) is 5.92 Å². The van der Waals surface area contributed by atoms with Crippen LogP contribution in [0.15, 0.2) is 48.5 Å². The summed E-state index contributed by atoms with van der Waals surface area (Å²) in [5, 5.41) is 8.31. The smallest absolute Gasteiger partial charge is 0.225 e. The van der Waals surface area contributed by atoms with Gasteiger partial charge in [0.25, 0.3) is 0 Å². The fraction of sp³-hybridized carbons (Fsp3) is 0.440. The molecule has 6 nitrogen and oxygen atoms in total. The Balaban J connectivity index is 1.27. The fourth-order valence-electron chi connectivity index (χ4n) is 4.32. The van der Waals surface area contributed by atoms with Crippen LogP contribution in [-0.4, -0.2) is 43.8 Å². The van der Waals surface area contributed by atoms with Crippen LogP contribution in [0.25, 0.3) is 10.9 Å². The number of aromatic nitrogens is 2. The Bertz CT molecular complexity index is 981. The highest BCUT2D eigenvalue weighted by Gasteiger charge is 2.22. The molecule has 1 aromatic heterocycles. The minimum atomic E-state index is 0.439. The topological polar surface area (TPSA) is 62.3 Å². The average Bonchev–Trinajstić information content (AvgIpc) is 2.80. The first-order valence-electron chi connectivity index (χ1n) is 11.2. The lowest BCUT2D eigenvalue weighted by molar-refractivity contribution is 0.324. The van der Waals surface area contributed by atoms with E-state index in [-0.39, 0.29) is 0 Å². The van der Waals surface area contributed by atoms with Crippen molar-refractivity contribution in [3.63, 3.8) is 0 Å². The highest BCUT2D eigenvalue weighted by atomic mass is 16.5. The molecule has 2 N–H and O–H groups in total. The summed E-state index contributed by atoms with van der Waals surface area (Å²) < 4.78 is 5.22. The van der Waals surface area contributed by atoms with E-state index in [2.05, 4.69) is 39.8 Å². The van der Waals surface area contributed by atoms with Crippen molar-refractivity contribution >= 4 is 22.7 Å². The zero-order valence-corrected chi connectivity index (χ0v) is 18.8. The van der Waals surface area contributed by atoms with Crippen LogP contribution >= 0.6 is 0 Å².